The van der Waals surface area contributed by atoms with Crippen LogP contribution in [0.25, 0.3) is 0 Å². The van der Waals surface area contributed by atoms with Gasteiger partial charge in [0.2, 0.25) is 0 Å². The number of hydrogen-bond acceptors (Lipinski definition) is 4. The number of aryl methyl sites for hydroxylation is 1. The lowest BCUT2D eigenvalue weighted by atomic mass is 10.1. The number of nitrogens with zero attached hydrogens (tertiary/aromatic N) is 2. The lowest BCUT2D eigenvalue weighted by Crippen LogP contribution is -2.41. The molecule has 2 N–H and O–H groups in total. The highest BCUT2D eigenvalue weighted by atomic mass is 16.6. The van der Waals surface area contributed by atoms with Crippen molar-refractivity contribution in [3.8, 4) is 0 Å². The number of H-pyrrole nitrogens is 1. The van der Waals surface area contributed by atoms with Crippen LogP contribution in [-0.4, -0.2) is 44.6 Å². The molecule has 118 valence electrons. The van der Waals surface area contributed by atoms with Crippen LogP contribution in [0.1, 0.15) is 38.4 Å². The third kappa shape index (κ3) is 3.66. The summed E-state index contributed by atoms with van der Waals surface area (Å²) in [5.74, 6) is 0. The monoisotopic (exact) mass is 297 g/mol. The summed E-state index contributed by atoms with van der Waals surface area (Å²) in [6.45, 7) is 6.75. The van der Waals surface area contributed by atoms with Crippen molar-refractivity contribution in [3.05, 3.63) is 21.6 Å². The van der Waals surface area contributed by atoms with Crippen LogP contribution in [-0.2, 0) is 24.2 Å². The van der Waals surface area contributed by atoms with Crippen LogP contribution in [0.3, 0.4) is 0 Å². The van der Waals surface area contributed by atoms with Crippen molar-refractivity contribution >= 4 is 6.09 Å². The highest BCUT2D eigenvalue weighted by Gasteiger charge is 2.28. The van der Waals surface area contributed by atoms with Gasteiger partial charge in [0.25, 0.3) is 5.56 Å². The maximum absolute atomic E-state index is 12.2. The van der Waals surface area contributed by atoms with Crippen molar-refractivity contribution in [2.75, 3.05) is 13.2 Å². The third-order valence-corrected chi connectivity index (χ3v) is 3.31. The fourth-order valence-corrected chi connectivity index (χ4v) is 2.33. The summed E-state index contributed by atoms with van der Waals surface area (Å²) >= 11 is 0. The summed E-state index contributed by atoms with van der Waals surface area (Å²) in [5.41, 5.74) is 0.825. The topological polar surface area (TPSA) is 87.6 Å². The maximum Gasteiger partial charge on any atom is 0.410 e. The summed E-state index contributed by atoms with van der Waals surface area (Å²) in [6.07, 6.45) is 0.737. The fraction of sp³-hybridized carbons (Fsp3) is 0.714. The van der Waals surface area contributed by atoms with E-state index in [9.17, 15) is 9.59 Å². The van der Waals surface area contributed by atoms with E-state index >= 15 is 0 Å². The van der Waals surface area contributed by atoms with Gasteiger partial charge in [-0.2, -0.15) is 0 Å². The van der Waals surface area contributed by atoms with Gasteiger partial charge in [0.05, 0.1) is 12.1 Å². The molecule has 0 saturated carbocycles. The van der Waals surface area contributed by atoms with Crippen molar-refractivity contribution < 1.29 is 14.6 Å². The minimum absolute atomic E-state index is 0.0418. The molecule has 2 rings (SSSR count). The quantitative estimate of drug-likeness (QED) is 0.866. The molecular formula is C14H23N3O4. The zero-order valence-electron chi connectivity index (χ0n) is 12.8. The smallest absolute Gasteiger partial charge is 0.410 e. The van der Waals surface area contributed by atoms with Gasteiger partial charge in [0.1, 0.15) is 5.60 Å². The Hall–Kier alpha value is -1.76. The highest BCUT2D eigenvalue weighted by molar-refractivity contribution is 5.68. The van der Waals surface area contributed by atoms with E-state index in [2.05, 4.69) is 5.10 Å². The van der Waals surface area contributed by atoms with E-state index in [1.807, 2.05) is 20.8 Å². The van der Waals surface area contributed by atoms with E-state index in [1.54, 1.807) is 4.90 Å². The molecule has 7 nitrogen and oxygen atoms in total. The van der Waals surface area contributed by atoms with E-state index in [0.717, 1.165) is 5.69 Å². The molecule has 1 aromatic rings. The van der Waals surface area contributed by atoms with Crippen molar-refractivity contribution in [1.29, 1.82) is 0 Å². The highest BCUT2D eigenvalue weighted by Crippen LogP contribution is 2.17. The molecule has 0 fully saturated rings. The number of carbonyl (C=O) groups excluding carboxylic acids is 1. The number of carbonyl (C=O) groups is 1. The molecule has 0 aromatic carbocycles. The minimum atomic E-state index is -0.545. The number of ether oxygens (including phenoxy) is 1. The normalized spacial score (nSPS) is 15.0. The molecule has 1 aromatic heterocycles. The molecule has 2 heterocycles. The van der Waals surface area contributed by atoms with Gasteiger partial charge in [-0.25, -0.2) is 4.79 Å². The van der Waals surface area contributed by atoms with Crippen LogP contribution in [0.2, 0.25) is 0 Å². The van der Waals surface area contributed by atoms with Crippen LogP contribution in [0, 0.1) is 0 Å². The molecule has 1 amide bonds. The minimum Gasteiger partial charge on any atom is -0.444 e. The summed E-state index contributed by atoms with van der Waals surface area (Å²) in [6, 6.07) is 0. The molecule has 0 aliphatic carbocycles. The van der Waals surface area contributed by atoms with E-state index < -0.39 is 11.7 Å². The van der Waals surface area contributed by atoms with Crippen molar-refractivity contribution in [2.45, 2.75) is 52.3 Å². The number of aliphatic hydroxyl groups excluding tert-OH is 1. The first-order valence-electron chi connectivity index (χ1n) is 7.21. The largest absolute Gasteiger partial charge is 0.444 e. The zero-order valence-corrected chi connectivity index (χ0v) is 12.8. The van der Waals surface area contributed by atoms with Gasteiger partial charge in [-0.05, 0) is 27.2 Å². The molecular weight excluding hydrogens is 274 g/mol. The van der Waals surface area contributed by atoms with E-state index in [-0.39, 0.29) is 18.7 Å². The van der Waals surface area contributed by atoms with Gasteiger partial charge in [-0.3, -0.25) is 14.6 Å². The number of hydrogen-bond donors (Lipinski definition) is 2. The molecule has 21 heavy (non-hydrogen) atoms. The first-order chi connectivity index (χ1) is 9.81. The van der Waals surface area contributed by atoms with Gasteiger partial charge in [0, 0.05) is 31.8 Å². The van der Waals surface area contributed by atoms with E-state index in [4.69, 9.17) is 9.84 Å². The average Bonchev–Trinajstić information content (AvgIpc) is 2.71. The number of aromatic nitrogens is 2. The lowest BCUT2D eigenvalue weighted by molar-refractivity contribution is 0.0223. The fourth-order valence-electron chi connectivity index (χ4n) is 2.33. The number of rotatable bonds is 3. The Morgan fingerprint density at radius 2 is 2.14 bits per heavy atom. The Morgan fingerprint density at radius 3 is 2.76 bits per heavy atom. The lowest BCUT2D eigenvalue weighted by Gasteiger charge is -2.29. The Morgan fingerprint density at radius 1 is 1.43 bits per heavy atom. The number of aromatic amines is 1. The van der Waals surface area contributed by atoms with Crippen LogP contribution in [0.4, 0.5) is 4.79 Å². The molecule has 1 aliphatic rings. The molecule has 0 spiro atoms. The van der Waals surface area contributed by atoms with Gasteiger partial charge in [-0.15, -0.1) is 0 Å². The van der Waals surface area contributed by atoms with Gasteiger partial charge >= 0.3 is 6.09 Å². The van der Waals surface area contributed by atoms with Gasteiger partial charge < -0.3 is 14.7 Å². The van der Waals surface area contributed by atoms with E-state index in [0.29, 0.717) is 31.5 Å². The van der Waals surface area contributed by atoms with Crippen LogP contribution in [0.15, 0.2) is 4.79 Å². The summed E-state index contributed by atoms with van der Waals surface area (Å²) in [4.78, 5) is 25.9. The van der Waals surface area contributed by atoms with E-state index in [1.165, 1.54) is 4.68 Å². The second-order valence-corrected chi connectivity index (χ2v) is 6.25. The molecule has 0 saturated heterocycles. The Labute approximate surface area is 123 Å². The van der Waals surface area contributed by atoms with Crippen LogP contribution in [0.5, 0.6) is 0 Å². The Kier molecular flexibility index (Phi) is 4.41. The molecule has 0 radical (unpaired) electrons. The summed E-state index contributed by atoms with van der Waals surface area (Å²) in [7, 11) is 0. The first kappa shape index (κ1) is 15.6. The maximum atomic E-state index is 12.2. The summed E-state index contributed by atoms with van der Waals surface area (Å²) in [5, 5.41) is 11.9. The SMILES string of the molecule is CC(C)(C)OC(=O)N1CCc2[nH]n(CCCO)c(=O)c2C1. The number of amides is 1. The predicted octanol–water partition coefficient (Wildman–Crippen LogP) is 0.852. The molecule has 1 aliphatic heterocycles. The standard InChI is InChI=1S/C14H23N3O4/c1-14(2,3)21-13(20)16-7-5-11-10(9-16)12(19)17(15-11)6-4-8-18/h15,18H,4-9H2,1-3H3. The van der Waals surface area contributed by atoms with Gasteiger partial charge in [0.15, 0.2) is 0 Å². The second-order valence-electron chi connectivity index (χ2n) is 6.25. The number of nitrogens with one attached hydrogen (secondary N) is 1. The molecule has 7 heteroatoms. The molecule has 0 unspecified atom stereocenters. The van der Waals surface area contributed by atoms with Gasteiger partial charge in [-0.1, -0.05) is 0 Å². The molecule has 0 bridgehead atoms. The predicted molar refractivity (Wildman–Crippen MR) is 77.1 cm³/mol. The number of aliphatic hydroxyl groups is 1. The third-order valence-electron chi connectivity index (χ3n) is 3.31. The summed E-state index contributed by atoms with van der Waals surface area (Å²) < 4.78 is 6.84. The Bertz CT molecular complexity index is 568. The van der Waals surface area contributed by atoms with Crippen molar-refractivity contribution in [1.82, 2.24) is 14.7 Å². The van der Waals surface area contributed by atoms with Crippen LogP contribution >= 0.6 is 0 Å². The first-order valence-corrected chi connectivity index (χ1v) is 7.21. The molecule has 0 atom stereocenters. The van der Waals surface area contributed by atoms with Crippen LogP contribution < -0.4 is 5.56 Å². The zero-order chi connectivity index (χ0) is 15.6. The van der Waals surface area contributed by atoms with Crippen molar-refractivity contribution in [2.24, 2.45) is 0 Å². The average molecular weight is 297 g/mol. The van der Waals surface area contributed by atoms with Crippen molar-refractivity contribution in [3.63, 3.8) is 0 Å². The number of fused-ring (bicyclic) bond motifs is 1. The Balaban J connectivity index is 2.11. The second kappa shape index (κ2) is 5.93.